The average Bonchev–Trinajstić information content (AvgIpc) is 2.67. The monoisotopic (exact) mass is 235 g/mol. The van der Waals surface area contributed by atoms with Gasteiger partial charge in [-0.1, -0.05) is 0 Å². The number of hydrogen-bond donors (Lipinski definition) is 2. The molecule has 5 nitrogen and oxygen atoms in total. The van der Waals surface area contributed by atoms with E-state index in [0.29, 0.717) is 5.69 Å². The number of carboxylic acid groups (broad SMARTS) is 1. The largest absolute Gasteiger partial charge is 0.478 e. The lowest BCUT2D eigenvalue weighted by Gasteiger charge is -2.07. The van der Waals surface area contributed by atoms with Gasteiger partial charge < -0.3 is 10.8 Å². The maximum absolute atomic E-state index is 13.5. The molecule has 6 heteroatoms. The van der Waals surface area contributed by atoms with Crippen LogP contribution < -0.4 is 5.73 Å². The zero-order valence-corrected chi connectivity index (χ0v) is 9.01. The van der Waals surface area contributed by atoms with E-state index in [0.717, 1.165) is 17.8 Å². The molecule has 0 radical (unpaired) electrons. The van der Waals surface area contributed by atoms with Crippen LogP contribution in [-0.2, 0) is 0 Å². The molecule has 3 N–H and O–H groups in total. The summed E-state index contributed by atoms with van der Waals surface area (Å²) >= 11 is 0. The summed E-state index contributed by atoms with van der Waals surface area (Å²) in [6.07, 6.45) is 1.63. The summed E-state index contributed by atoms with van der Waals surface area (Å²) in [5, 5.41) is 12.8. The van der Waals surface area contributed by atoms with Crippen molar-refractivity contribution in [1.82, 2.24) is 9.78 Å². The van der Waals surface area contributed by atoms with Crippen LogP contribution in [0.4, 0.5) is 10.1 Å². The van der Waals surface area contributed by atoms with E-state index >= 15 is 0 Å². The number of nitrogens with zero attached hydrogens (tertiary/aromatic N) is 2. The second kappa shape index (κ2) is 3.89. The van der Waals surface area contributed by atoms with Crippen LogP contribution in [0.15, 0.2) is 24.4 Å². The zero-order chi connectivity index (χ0) is 12.6. The average molecular weight is 235 g/mol. The van der Waals surface area contributed by atoms with Gasteiger partial charge in [-0.25, -0.2) is 13.9 Å². The van der Waals surface area contributed by atoms with Crippen LogP contribution in [-0.4, -0.2) is 20.9 Å². The fraction of sp³-hybridized carbons (Fsp3) is 0.0909. The van der Waals surface area contributed by atoms with Gasteiger partial charge in [0.15, 0.2) is 0 Å². The lowest BCUT2D eigenvalue weighted by atomic mass is 10.1. The molecule has 0 spiro atoms. The highest BCUT2D eigenvalue weighted by Gasteiger charge is 2.14. The van der Waals surface area contributed by atoms with E-state index in [1.54, 1.807) is 19.2 Å². The Morgan fingerprint density at radius 3 is 2.76 bits per heavy atom. The van der Waals surface area contributed by atoms with Crippen LogP contribution in [0.1, 0.15) is 16.1 Å². The first-order chi connectivity index (χ1) is 7.99. The molecular formula is C11H10FN3O2. The van der Waals surface area contributed by atoms with Crippen molar-refractivity contribution >= 4 is 11.7 Å². The van der Waals surface area contributed by atoms with Crippen LogP contribution in [0.5, 0.6) is 0 Å². The van der Waals surface area contributed by atoms with Crippen LogP contribution in [0.25, 0.3) is 5.69 Å². The number of aromatic carboxylic acids is 1. The first-order valence-corrected chi connectivity index (χ1v) is 4.84. The van der Waals surface area contributed by atoms with Gasteiger partial charge in [0, 0.05) is 12.3 Å². The Morgan fingerprint density at radius 2 is 2.24 bits per heavy atom. The van der Waals surface area contributed by atoms with Crippen molar-refractivity contribution in [2.45, 2.75) is 6.92 Å². The van der Waals surface area contributed by atoms with Gasteiger partial charge in [0.25, 0.3) is 0 Å². The number of hydrogen-bond acceptors (Lipinski definition) is 3. The third-order valence-electron chi connectivity index (χ3n) is 2.32. The van der Waals surface area contributed by atoms with Gasteiger partial charge in [0.2, 0.25) is 0 Å². The number of halogens is 1. The van der Waals surface area contributed by atoms with Gasteiger partial charge in [0.05, 0.1) is 22.6 Å². The molecule has 0 bridgehead atoms. The topological polar surface area (TPSA) is 81.1 Å². The Hall–Kier alpha value is -2.37. The van der Waals surface area contributed by atoms with Crippen molar-refractivity contribution in [1.29, 1.82) is 0 Å². The Balaban J connectivity index is 2.57. The summed E-state index contributed by atoms with van der Waals surface area (Å²) in [5.41, 5.74) is 6.47. The molecule has 2 aromatic rings. The van der Waals surface area contributed by atoms with Crippen LogP contribution >= 0.6 is 0 Å². The highest BCUT2D eigenvalue weighted by molar-refractivity contribution is 5.90. The molecule has 2 rings (SSSR count). The quantitative estimate of drug-likeness (QED) is 0.774. The molecule has 0 atom stereocenters. The Bertz CT molecular complexity index is 592. The standard InChI is InChI=1S/C11H10FN3O2/c1-6-2-3-15(14-6)10-5-8(12)7(11(16)17)4-9(10)13/h2-5H,13H2,1H3,(H,16,17). The van der Waals surface area contributed by atoms with E-state index in [9.17, 15) is 9.18 Å². The minimum absolute atomic E-state index is 0.159. The maximum Gasteiger partial charge on any atom is 0.338 e. The minimum Gasteiger partial charge on any atom is -0.478 e. The van der Waals surface area contributed by atoms with Gasteiger partial charge in [-0.05, 0) is 19.1 Å². The smallest absolute Gasteiger partial charge is 0.338 e. The molecule has 1 aromatic carbocycles. The fourth-order valence-corrected chi connectivity index (χ4v) is 1.49. The van der Waals surface area contributed by atoms with Gasteiger partial charge in [-0.2, -0.15) is 5.10 Å². The summed E-state index contributed by atoms with van der Waals surface area (Å²) in [4.78, 5) is 10.7. The molecule has 0 aliphatic carbocycles. The summed E-state index contributed by atoms with van der Waals surface area (Å²) < 4.78 is 14.9. The summed E-state index contributed by atoms with van der Waals surface area (Å²) in [7, 11) is 0. The molecule has 1 aromatic heterocycles. The van der Waals surface area contributed by atoms with E-state index in [2.05, 4.69) is 5.10 Å². The first-order valence-electron chi connectivity index (χ1n) is 4.84. The van der Waals surface area contributed by atoms with Gasteiger partial charge in [-0.15, -0.1) is 0 Å². The molecule has 0 unspecified atom stereocenters. The van der Waals surface area contributed by atoms with Crippen molar-refractivity contribution in [2.24, 2.45) is 0 Å². The molecule has 0 saturated heterocycles. The molecule has 0 amide bonds. The van der Waals surface area contributed by atoms with E-state index < -0.39 is 17.3 Å². The summed E-state index contributed by atoms with van der Waals surface area (Å²) in [6.45, 7) is 1.79. The van der Waals surface area contributed by atoms with Crippen molar-refractivity contribution in [2.75, 3.05) is 5.73 Å². The number of nitrogens with two attached hydrogens (primary N) is 1. The van der Waals surface area contributed by atoms with Crippen LogP contribution in [0.2, 0.25) is 0 Å². The molecule has 0 saturated carbocycles. The maximum atomic E-state index is 13.5. The summed E-state index contributed by atoms with van der Waals surface area (Å²) in [5.74, 6) is -2.19. The minimum atomic E-state index is -1.35. The predicted molar refractivity (Wildman–Crippen MR) is 59.6 cm³/mol. The Labute approximate surface area is 96.3 Å². The molecule has 0 aliphatic heterocycles. The number of nitrogen functional groups attached to an aromatic ring is 1. The van der Waals surface area contributed by atoms with E-state index in [-0.39, 0.29) is 5.69 Å². The van der Waals surface area contributed by atoms with Crippen LogP contribution in [0.3, 0.4) is 0 Å². The molecule has 0 aliphatic rings. The number of anilines is 1. The molecule has 0 fully saturated rings. The van der Waals surface area contributed by atoms with Crippen molar-refractivity contribution < 1.29 is 14.3 Å². The lowest BCUT2D eigenvalue weighted by molar-refractivity contribution is 0.0692. The number of rotatable bonds is 2. The number of aromatic nitrogens is 2. The molecule has 1 heterocycles. The predicted octanol–water partition coefficient (Wildman–Crippen LogP) is 1.60. The normalized spacial score (nSPS) is 10.5. The summed E-state index contributed by atoms with van der Waals surface area (Å²) in [6, 6.07) is 3.89. The molecular weight excluding hydrogens is 225 g/mol. The SMILES string of the molecule is Cc1ccn(-c2cc(F)c(C(=O)O)cc2N)n1. The fourth-order valence-electron chi connectivity index (χ4n) is 1.49. The van der Waals surface area contributed by atoms with Gasteiger partial charge in [0.1, 0.15) is 5.82 Å². The van der Waals surface area contributed by atoms with Gasteiger partial charge in [-0.3, -0.25) is 0 Å². The van der Waals surface area contributed by atoms with Crippen LogP contribution in [0, 0.1) is 12.7 Å². The molecule has 88 valence electrons. The third kappa shape index (κ3) is 1.96. The number of carbonyl (C=O) groups is 1. The zero-order valence-electron chi connectivity index (χ0n) is 9.01. The second-order valence-electron chi connectivity index (χ2n) is 3.60. The van der Waals surface area contributed by atoms with E-state index in [1.807, 2.05) is 0 Å². The van der Waals surface area contributed by atoms with E-state index in [4.69, 9.17) is 10.8 Å². The highest BCUT2D eigenvalue weighted by atomic mass is 19.1. The first kappa shape index (κ1) is 11.1. The molecule has 17 heavy (non-hydrogen) atoms. The van der Waals surface area contributed by atoms with Crippen molar-refractivity contribution in [3.8, 4) is 5.69 Å². The van der Waals surface area contributed by atoms with Gasteiger partial charge >= 0.3 is 5.97 Å². The number of aryl methyl sites for hydroxylation is 1. The Morgan fingerprint density at radius 1 is 1.53 bits per heavy atom. The van der Waals surface area contributed by atoms with E-state index in [1.165, 1.54) is 4.68 Å². The highest BCUT2D eigenvalue weighted by Crippen LogP contribution is 2.21. The lowest BCUT2D eigenvalue weighted by Crippen LogP contribution is -2.07. The number of benzene rings is 1. The second-order valence-corrected chi connectivity index (χ2v) is 3.60. The van der Waals surface area contributed by atoms with Crippen molar-refractivity contribution in [3.63, 3.8) is 0 Å². The third-order valence-corrected chi connectivity index (χ3v) is 2.32. The Kier molecular flexibility index (Phi) is 2.55. The van der Waals surface area contributed by atoms with Crippen molar-refractivity contribution in [3.05, 3.63) is 41.5 Å². The number of carboxylic acids is 1.